The van der Waals surface area contributed by atoms with Crippen LogP contribution in [0, 0.1) is 5.82 Å². The van der Waals surface area contributed by atoms with Crippen LogP contribution in [0.5, 0.6) is 0 Å². The lowest BCUT2D eigenvalue weighted by Gasteiger charge is -2.36. The molecule has 4 rings (SSSR count). The molecule has 3 nitrogen and oxygen atoms in total. The number of nitrogens with zero attached hydrogens (tertiary/aromatic N) is 2. The number of piperazine rings is 1. The lowest BCUT2D eigenvalue weighted by atomic mass is 10.1. The van der Waals surface area contributed by atoms with Crippen LogP contribution >= 0.6 is 11.3 Å². The molecule has 0 radical (unpaired) electrons. The fourth-order valence-corrected chi connectivity index (χ4v) is 5.01. The second-order valence-corrected chi connectivity index (χ2v) is 7.99. The number of amides is 1. The molecule has 1 aliphatic heterocycles. The van der Waals surface area contributed by atoms with Gasteiger partial charge in [-0.3, -0.25) is 4.79 Å². The molecule has 1 aliphatic carbocycles. The molecule has 2 aromatic rings. The van der Waals surface area contributed by atoms with Gasteiger partial charge in [0.1, 0.15) is 5.82 Å². The minimum absolute atomic E-state index is 0.145. The highest BCUT2D eigenvalue weighted by molar-refractivity contribution is 7.14. The summed E-state index contributed by atoms with van der Waals surface area (Å²) in [6.07, 6.45) is 6.00. The van der Waals surface area contributed by atoms with Crippen molar-refractivity contribution in [3.63, 3.8) is 0 Å². The van der Waals surface area contributed by atoms with Crippen molar-refractivity contribution in [1.82, 2.24) is 4.90 Å². The minimum Gasteiger partial charge on any atom is -0.366 e. The third-order valence-electron chi connectivity index (χ3n) is 5.22. The zero-order valence-electron chi connectivity index (χ0n) is 14.3. The summed E-state index contributed by atoms with van der Waals surface area (Å²) < 4.78 is 13.9. The lowest BCUT2D eigenvalue weighted by Crippen LogP contribution is -2.48. The van der Waals surface area contributed by atoms with Crippen molar-refractivity contribution >= 4 is 22.9 Å². The maximum absolute atomic E-state index is 13.9. The second-order valence-electron chi connectivity index (χ2n) is 6.85. The number of halogens is 1. The Labute approximate surface area is 152 Å². The maximum atomic E-state index is 13.9. The summed E-state index contributed by atoms with van der Waals surface area (Å²) in [5.74, 6) is -0.0458. The summed E-state index contributed by atoms with van der Waals surface area (Å²) in [6.45, 7) is 2.65. The van der Waals surface area contributed by atoms with E-state index in [1.165, 1.54) is 35.8 Å². The van der Waals surface area contributed by atoms with Gasteiger partial charge in [-0.15, -0.1) is 11.3 Å². The van der Waals surface area contributed by atoms with Gasteiger partial charge in [0.15, 0.2) is 0 Å². The van der Waals surface area contributed by atoms with E-state index in [1.54, 1.807) is 17.4 Å². The number of carbonyl (C=O) groups is 1. The van der Waals surface area contributed by atoms with E-state index in [1.807, 2.05) is 21.9 Å². The van der Waals surface area contributed by atoms with Crippen LogP contribution in [0.2, 0.25) is 0 Å². The Bertz CT molecular complexity index is 741. The molecule has 0 spiro atoms. The van der Waals surface area contributed by atoms with Gasteiger partial charge >= 0.3 is 0 Å². The first-order valence-electron chi connectivity index (χ1n) is 9.13. The Kier molecular flexibility index (Phi) is 4.75. The first-order valence-corrected chi connectivity index (χ1v) is 9.94. The monoisotopic (exact) mass is 358 g/mol. The van der Waals surface area contributed by atoms with Crippen LogP contribution in [0.1, 0.15) is 39.4 Å². The fraction of sp³-hybridized carbons (Fsp3) is 0.450. The van der Waals surface area contributed by atoms with Gasteiger partial charge in [0.25, 0.3) is 5.91 Å². The van der Waals surface area contributed by atoms with Crippen molar-refractivity contribution < 1.29 is 9.18 Å². The Morgan fingerprint density at radius 3 is 2.56 bits per heavy atom. The first-order chi connectivity index (χ1) is 12.2. The molecule has 0 unspecified atom stereocenters. The van der Waals surface area contributed by atoms with E-state index < -0.39 is 0 Å². The summed E-state index contributed by atoms with van der Waals surface area (Å²) in [6, 6.07) is 8.99. The van der Waals surface area contributed by atoms with Gasteiger partial charge in [-0.1, -0.05) is 18.6 Å². The van der Waals surface area contributed by atoms with Gasteiger partial charge in [0, 0.05) is 31.1 Å². The highest BCUT2D eigenvalue weighted by Crippen LogP contribution is 2.30. The van der Waals surface area contributed by atoms with Crippen molar-refractivity contribution in [2.75, 3.05) is 31.1 Å². The molecule has 2 aliphatic rings. The Morgan fingerprint density at radius 2 is 1.76 bits per heavy atom. The first kappa shape index (κ1) is 16.6. The molecule has 1 aromatic heterocycles. The van der Waals surface area contributed by atoms with Crippen LogP contribution in [0.3, 0.4) is 0 Å². The summed E-state index contributed by atoms with van der Waals surface area (Å²) in [5.41, 5.74) is 2.02. The molecule has 1 amide bonds. The molecule has 0 bridgehead atoms. The molecule has 132 valence electrons. The van der Waals surface area contributed by atoms with Crippen molar-refractivity contribution in [3.05, 3.63) is 51.5 Å². The van der Waals surface area contributed by atoms with Crippen LogP contribution < -0.4 is 4.90 Å². The van der Waals surface area contributed by atoms with Crippen LogP contribution in [0.15, 0.2) is 30.3 Å². The van der Waals surface area contributed by atoms with E-state index in [4.69, 9.17) is 0 Å². The predicted molar refractivity (Wildman–Crippen MR) is 100 cm³/mol. The van der Waals surface area contributed by atoms with Crippen molar-refractivity contribution in [2.45, 2.75) is 32.1 Å². The number of anilines is 1. The molecule has 2 heterocycles. The molecular formula is C20H23FN2OS. The molecule has 0 N–H and O–H groups in total. The molecule has 1 saturated heterocycles. The minimum atomic E-state index is -0.190. The van der Waals surface area contributed by atoms with Gasteiger partial charge in [0.05, 0.1) is 10.6 Å². The van der Waals surface area contributed by atoms with E-state index in [0.29, 0.717) is 31.9 Å². The molecule has 25 heavy (non-hydrogen) atoms. The summed E-state index contributed by atoms with van der Waals surface area (Å²) in [5, 5.41) is 0. The van der Waals surface area contributed by atoms with Crippen molar-refractivity contribution in [1.29, 1.82) is 0 Å². The number of benzene rings is 1. The van der Waals surface area contributed by atoms with Crippen molar-refractivity contribution in [3.8, 4) is 0 Å². The molecule has 1 aromatic carbocycles. The normalized spacial score (nSPS) is 18.0. The quantitative estimate of drug-likeness (QED) is 0.754. The highest BCUT2D eigenvalue weighted by Gasteiger charge is 2.25. The van der Waals surface area contributed by atoms with Crippen LogP contribution in [-0.4, -0.2) is 37.0 Å². The van der Waals surface area contributed by atoms with E-state index >= 15 is 0 Å². The van der Waals surface area contributed by atoms with Gasteiger partial charge in [0.2, 0.25) is 0 Å². The summed E-state index contributed by atoms with van der Waals surface area (Å²) in [4.78, 5) is 19.1. The number of para-hydroxylation sites is 1. The average Bonchev–Trinajstić information content (AvgIpc) is 2.92. The molecule has 5 heteroatoms. The smallest absolute Gasteiger partial charge is 0.264 e. The Hall–Kier alpha value is -1.88. The molecular weight excluding hydrogens is 335 g/mol. The Morgan fingerprint density at radius 1 is 1.00 bits per heavy atom. The number of hydrogen-bond donors (Lipinski definition) is 0. The van der Waals surface area contributed by atoms with Crippen LogP contribution in [-0.2, 0) is 12.8 Å². The standard InChI is InChI=1S/C20H23FN2OS/c21-16-7-4-5-8-17(16)22-10-12-23(13-11-22)20(24)19-14-15-6-2-1-3-9-18(15)25-19/h4-5,7-8,14H,1-3,6,9-13H2. The number of fused-ring (bicyclic) bond motifs is 1. The van der Waals surface area contributed by atoms with Gasteiger partial charge in [-0.25, -0.2) is 4.39 Å². The number of thiophene rings is 1. The van der Waals surface area contributed by atoms with Gasteiger partial charge < -0.3 is 9.80 Å². The van der Waals surface area contributed by atoms with Gasteiger partial charge in [-0.05, 0) is 49.4 Å². The van der Waals surface area contributed by atoms with E-state index in [9.17, 15) is 9.18 Å². The van der Waals surface area contributed by atoms with Crippen LogP contribution in [0.25, 0.3) is 0 Å². The van der Waals surface area contributed by atoms with Gasteiger partial charge in [-0.2, -0.15) is 0 Å². The third-order valence-corrected chi connectivity index (χ3v) is 6.44. The topological polar surface area (TPSA) is 23.6 Å². The SMILES string of the molecule is O=C(c1cc2c(s1)CCCCC2)N1CCN(c2ccccc2F)CC1. The zero-order valence-corrected chi connectivity index (χ0v) is 15.2. The fourth-order valence-electron chi connectivity index (χ4n) is 3.79. The largest absolute Gasteiger partial charge is 0.366 e. The van der Waals surface area contributed by atoms with Crippen LogP contribution in [0.4, 0.5) is 10.1 Å². The lowest BCUT2D eigenvalue weighted by molar-refractivity contribution is 0.0751. The maximum Gasteiger partial charge on any atom is 0.264 e. The van der Waals surface area contributed by atoms with Crippen molar-refractivity contribution in [2.24, 2.45) is 0 Å². The van der Waals surface area contributed by atoms with E-state index in [2.05, 4.69) is 6.07 Å². The number of hydrogen-bond acceptors (Lipinski definition) is 3. The average molecular weight is 358 g/mol. The Balaban J connectivity index is 1.42. The van der Waals surface area contributed by atoms with E-state index in [0.717, 1.165) is 17.7 Å². The predicted octanol–water partition coefficient (Wildman–Crippen LogP) is 4.12. The molecule has 0 saturated carbocycles. The van der Waals surface area contributed by atoms with E-state index in [-0.39, 0.29) is 11.7 Å². The number of rotatable bonds is 2. The number of aryl methyl sites for hydroxylation is 2. The third kappa shape index (κ3) is 3.43. The molecule has 1 fully saturated rings. The molecule has 0 atom stereocenters. The summed E-state index contributed by atoms with van der Waals surface area (Å²) >= 11 is 1.69. The summed E-state index contributed by atoms with van der Waals surface area (Å²) in [7, 11) is 0. The second kappa shape index (κ2) is 7.16. The zero-order chi connectivity index (χ0) is 17.2. The highest BCUT2D eigenvalue weighted by atomic mass is 32.1. The number of carbonyl (C=O) groups excluding carboxylic acids is 1.